The summed E-state index contributed by atoms with van der Waals surface area (Å²) in [4.78, 5) is 24.0. The molecule has 0 saturated heterocycles. The van der Waals surface area contributed by atoms with Gasteiger partial charge in [0.25, 0.3) is 5.91 Å². The van der Waals surface area contributed by atoms with Crippen LogP contribution < -0.4 is 16.4 Å². The lowest BCUT2D eigenvalue weighted by Gasteiger charge is -2.22. The molecule has 1 heterocycles. The average Bonchev–Trinajstić information content (AvgIpc) is 2.95. The van der Waals surface area contributed by atoms with E-state index in [4.69, 9.17) is 10.2 Å². The van der Waals surface area contributed by atoms with E-state index in [0.29, 0.717) is 13.1 Å². The van der Waals surface area contributed by atoms with E-state index < -0.39 is 11.9 Å². The second-order valence-electron chi connectivity index (χ2n) is 5.26. The molecule has 0 aliphatic carbocycles. The summed E-state index contributed by atoms with van der Waals surface area (Å²) in [5.41, 5.74) is 5.51. The van der Waals surface area contributed by atoms with Crippen LogP contribution in [0.25, 0.3) is 0 Å². The van der Waals surface area contributed by atoms with Gasteiger partial charge in [-0.2, -0.15) is 0 Å². The van der Waals surface area contributed by atoms with Crippen molar-refractivity contribution in [3.05, 3.63) is 24.2 Å². The monoisotopic (exact) mass is 317 g/mol. The minimum atomic E-state index is -0.599. The predicted octanol–water partition coefficient (Wildman–Crippen LogP) is 1.17. The summed E-state index contributed by atoms with van der Waals surface area (Å²) in [6.07, 6.45) is 1.42. The Labute approximate surface area is 131 Å². The third-order valence-corrected chi connectivity index (χ3v) is 3.01. The Morgan fingerprint density at radius 3 is 2.48 bits per heavy atom. The summed E-state index contributed by atoms with van der Waals surface area (Å²) in [7, 11) is 0. The Kier molecular flexibility index (Phi) is 8.73. The smallest absolute Gasteiger partial charge is 0.287 e. The van der Waals surface area contributed by atoms with Crippen molar-refractivity contribution >= 4 is 24.2 Å². The van der Waals surface area contributed by atoms with Crippen LogP contribution in [0.5, 0.6) is 0 Å². The van der Waals surface area contributed by atoms with Crippen molar-refractivity contribution in [3.63, 3.8) is 0 Å². The zero-order chi connectivity index (χ0) is 15.1. The highest BCUT2D eigenvalue weighted by Gasteiger charge is 2.25. The topological polar surface area (TPSA) is 97.4 Å². The summed E-state index contributed by atoms with van der Waals surface area (Å²) in [5.74, 6) is -0.232. The van der Waals surface area contributed by atoms with Gasteiger partial charge in [-0.3, -0.25) is 9.59 Å². The van der Waals surface area contributed by atoms with E-state index in [1.165, 1.54) is 6.26 Å². The molecule has 0 bridgehead atoms. The third kappa shape index (κ3) is 6.18. The van der Waals surface area contributed by atoms with E-state index >= 15 is 0 Å². The van der Waals surface area contributed by atoms with Gasteiger partial charge in [0.15, 0.2) is 5.76 Å². The summed E-state index contributed by atoms with van der Waals surface area (Å²) < 4.78 is 5.01. The molecule has 1 rings (SSSR count). The van der Waals surface area contributed by atoms with Crippen molar-refractivity contribution in [2.75, 3.05) is 13.1 Å². The third-order valence-electron chi connectivity index (χ3n) is 3.01. The minimum Gasteiger partial charge on any atom is -0.459 e. The molecule has 0 saturated carbocycles. The first-order chi connectivity index (χ1) is 9.45. The molecule has 2 amide bonds. The van der Waals surface area contributed by atoms with E-state index in [-0.39, 0.29) is 35.9 Å². The maximum Gasteiger partial charge on any atom is 0.287 e. The second kappa shape index (κ2) is 9.41. The SMILES string of the molecule is CC(CN)CNC(=O)C(NC(=O)c1ccco1)C(C)C.Cl. The molecule has 7 heteroatoms. The second-order valence-corrected chi connectivity index (χ2v) is 5.26. The predicted molar refractivity (Wildman–Crippen MR) is 83.3 cm³/mol. The molecule has 0 aliphatic heterocycles. The first-order valence-corrected chi connectivity index (χ1v) is 6.77. The molecule has 6 nitrogen and oxygen atoms in total. The zero-order valence-electron chi connectivity index (χ0n) is 12.6. The van der Waals surface area contributed by atoms with Gasteiger partial charge in [-0.15, -0.1) is 12.4 Å². The van der Waals surface area contributed by atoms with Crippen molar-refractivity contribution in [2.45, 2.75) is 26.8 Å². The lowest BCUT2D eigenvalue weighted by Crippen LogP contribution is -2.50. The number of amides is 2. The van der Waals surface area contributed by atoms with Gasteiger partial charge in [0.2, 0.25) is 5.91 Å². The van der Waals surface area contributed by atoms with E-state index in [1.54, 1.807) is 12.1 Å². The highest BCUT2D eigenvalue weighted by molar-refractivity contribution is 5.95. The van der Waals surface area contributed by atoms with Crippen LogP contribution in [0.15, 0.2) is 22.8 Å². The standard InChI is InChI=1S/C14H23N3O3.ClH/c1-9(2)12(14(19)16-8-10(3)7-15)17-13(18)11-5-4-6-20-11;/h4-6,9-10,12H,7-8,15H2,1-3H3,(H,16,19)(H,17,18);1H. The quantitative estimate of drug-likeness (QED) is 0.703. The van der Waals surface area contributed by atoms with Gasteiger partial charge in [0, 0.05) is 6.54 Å². The fourth-order valence-electron chi connectivity index (χ4n) is 1.62. The Bertz CT molecular complexity index is 435. The number of nitrogens with two attached hydrogens (primary N) is 1. The van der Waals surface area contributed by atoms with E-state index in [9.17, 15) is 9.59 Å². The molecule has 0 aliphatic rings. The summed E-state index contributed by atoms with van der Waals surface area (Å²) in [6, 6.07) is 2.58. The number of halogens is 1. The number of rotatable bonds is 7. The number of furan rings is 1. The maximum atomic E-state index is 12.1. The Hall–Kier alpha value is -1.53. The highest BCUT2D eigenvalue weighted by Crippen LogP contribution is 2.06. The van der Waals surface area contributed by atoms with E-state index in [2.05, 4.69) is 10.6 Å². The zero-order valence-corrected chi connectivity index (χ0v) is 13.4. The molecule has 0 fully saturated rings. The fraction of sp³-hybridized carbons (Fsp3) is 0.571. The number of carbonyl (C=O) groups is 2. The molecule has 0 aromatic carbocycles. The molecule has 4 N–H and O–H groups in total. The van der Waals surface area contributed by atoms with Crippen molar-refractivity contribution in [1.82, 2.24) is 10.6 Å². The van der Waals surface area contributed by atoms with Crippen molar-refractivity contribution in [1.29, 1.82) is 0 Å². The Balaban J connectivity index is 0.00000400. The fourth-order valence-corrected chi connectivity index (χ4v) is 1.62. The summed E-state index contributed by atoms with van der Waals surface area (Å²) in [5, 5.41) is 5.49. The lowest BCUT2D eigenvalue weighted by atomic mass is 10.0. The van der Waals surface area contributed by atoms with Gasteiger partial charge in [-0.05, 0) is 30.5 Å². The van der Waals surface area contributed by atoms with Crippen LogP contribution in [-0.4, -0.2) is 30.9 Å². The van der Waals surface area contributed by atoms with Crippen molar-refractivity contribution in [3.8, 4) is 0 Å². The summed E-state index contributed by atoms with van der Waals surface area (Å²) in [6.45, 7) is 6.70. The van der Waals surface area contributed by atoms with Gasteiger partial charge < -0.3 is 20.8 Å². The lowest BCUT2D eigenvalue weighted by molar-refractivity contribution is -0.124. The van der Waals surface area contributed by atoms with E-state index in [0.717, 1.165) is 0 Å². The van der Waals surface area contributed by atoms with Gasteiger partial charge in [-0.1, -0.05) is 20.8 Å². The van der Waals surface area contributed by atoms with Crippen LogP contribution >= 0.6 is 12.4 Å². The number of nitrogens with one attached hydrogen (secondary N) is 2. The van der Waals surface area contributed by atoms with Gasteiger partial charge in [0.1, 0.15) is 6.04 Å². The molecule has 2 atom stereocenters. The van der Waals surface area contributed by atoms with Crippen LogP contribution in [0.1, 0.15) is 31.3 Å². The van der Waals surface area contributed by atoms with Crippen LogP contribution in [0.2, 0.25) is 0 Å². The van der Waals surface area contributed by atoms with Gasteiger partial charge >= 0.3 is 0 Å². The molecule has 21 heavy (non-hydrogen) atoms. The molecule has 0 spiro atoms. The molecule has 0 radical (unpaired) electrons. The van der Waals surface area contributed by atoms with Crippen LogP contribution in [0.4, 0.5) is 0 Å². The van der Waals surface area contributed by atoms with Gasteiger partial charge in [0.05, 0.1) is 6.26 Å². The summed E-state index contributed by atoms with van der Waals surface area (Å²) >= 11 is 0. The Morgan fingerprint density at radius 1 is 1.33 bits per heavy atom. The largest absolute Gasteiger partial charge is 0.459 e. The van der Waals surface area contributed by atoms with Crippen LogP contribution in [0.3, 0.4) is 0 Å². The first kappa shape index (κ1) is 19.5. The first-order valence-electron chi connectivity index (χ1n) is 6.77. The molecule has 120 valence electrons. The van der Waals surface area contributed by atoms with Crippen LogP contribution in [0, 0.1) is 11.8 Å². The van der Waals surface area contributed by atoms with E-state index in [1.807, 2.05) is 20.8 Å². The molecular formula is C14H24ClN3O3. The van der Waals surface area contributed by atoms with Crippen molar-refractivity contribution in [2.24, 2.45) is 17.6 Å². The minimum absolute atomic E-state index is 0. The normalized spacial score (nSPS) is 13.2. The Morgan fingerprint density at radius 2 is 2.00 bits per heavy atom. The highest BCUT2D eigenvalue weighted by atomic mass is 35.5. The number of hydrogen-bond donors (Lipinski definition) is 3. The van der Waals surface area contributed by atoms with Crippen LogP contribution in [-0.2, 0) is 4.79 Å². The van der Waals surface area contributed by atoms with Gasteiger partial charge in [-0.25, -0.2) is 0 Å². The number of carbonyl (C=O) groups excluding carboxylic acids is 2. The molecular weight excluding hydrogens is 294 g/mol. The van der Waals surface area contributed by atoms with Crippen molar-refractivity contribution < 1.29 is 14.0 Å². The molecule has 2 unspecified atom stereocenters. The molecule has 1 aromatic rings. The maximum absolute atomic E-state index is 12.1. The molecule has 1 aromatic heterocycles. The number of hydrogen-bond acceptors (Lipinski definition) is 4. The average molecular weight is 318 g/mol.